The predicted octanol–water partition coefficient (Wildman–Crippen LogP) is 2.82. The number of imidazole rings is 1. The van der Waals surface area contributed by atoms with Crippen LogP contribution in [0.1, 0.15) is 31.1 Å². The molecule has 2 aromatic heterocycles. The topological polar surface area (TPSA) is 60.0 Å². The van der Waals surface area contributed by atoms with Crippen molar-refractivity contribution >= 4 is 17.0 Å². The van der Waals surface area contributed by atoms with E-state index in [-0.39, 0.29) is 0 Å². The van der Waals surface area contributed by atoms with Gasteiger partial charge in [-0.15, -0.1) is 5.10 Å². The molecule has 0 aliphatic heterocycles. The molecule has 22 heavy (non-hydrogen) atoms. The largest absolute Gasteiger partial charge is 0.408 e. The Hall–Kier alpha value is -2.37. The van der Waals surface area contributed by atoms with Gasteiger partial charge in [-0.25, -0.2) is 4.98 Å². The number of hydrogen-bond donors (Lipinski definition) is 0. The molecule has 0 spiro atoms. The molecule has 6 nitrogen and oxygen atoms in total. The fraction of sp³-hybridized carbons (Fsp3) is 0.438. The summed E-state index contributed by atoms with van der Waals surface area (Å²) in [7, 11) is 1.98. The summed E-state index contributed by atoms with van der Waals surface area (Å²) in [6.45, 7) is 1.63. The van der Waals surface area contributed by atoms with Crippen LogP contribution in [-0.4, -0.2) is 33.3 Å². The van der Waals surface area contributed by atoms with Crippen LogP contribution in [0.2, 0.25) is 0 Å². The minimum absolute atomic E-state index is 0.479. The molecule has 1 aliphatic carbocycles. The third-order valence-corrected chi connectivity index (χ3v) is 4.41. The lowest BCUT2D eigenvalue weighted by molar-refractivity contribution is 0.335. The van der Waals surface area contributed by atoms with E-state index in [1.54, 1.807) is 0 Å². The van der Waals surface area contributed by atoms with E-state index >= 15 is 0 Å². The van der Waals surface area contributed by atoms with Crippen LogP contribution >= 0.6 is 0 Å². The third-order valence-electron chi connectivity index (χ3n) is 4.41. The number of anilines is 1. The van der Waals surface area contributed by atoms with Crippen molar-refractivity contribution in [2.45, 2.75) is 31.7 Å². The van der Waals surface area contributed by atoms with Gasteiger partial charge in [0.05, 0.1) is 17.4 Å². The summed E-state index contributed by atoms with van der Waals surface area (Å²) in [6, 6.07) is 8.76. The van der Waals surface area contributed by atoms with Crippen LogP contribution in [0.3, 0.4) is 0 Å². The highest BCUT2D eigenvalue weighted by molar-refractivity contribution is 5.74. The van der Waals surface area contributed by atoms with E-state index in [1.807, 2.05) is 36.5 Å². The molecule has 1 saturated carbocycles. The highest BCUT2D eigenvalue weighted by atomic mass is 16.4. The molecule has 2 heterocycles. The first-order valence-electron chi connectivity index (χ1n) is 7.75. The van der Waals surface area contributed by atoms with Crippen molar-refractivity contribution in [2.24, 2.45) is 0 Å². The van der Waals surface area contributed by atoms with Gasteiger partial charge in [-0.3, -0.25) is 0 Å². The number of rotatable bonds is 5. The summed E-state index contributed by atoms with van der Waals surface area (Å²) >= 11 is 0. The second kappa shape index (κ2) is 5.44. The van der Waals surface area contributed by atoms with Crippen molar-refractivity contribution in [3.05, 3.63) is 36.5 Å². The van der Waals surface area contributed by atoms with Gasteiger partial charge in [0.15, 0.2) is 0 Å². The standard InChI is InChI=1S/C16H19N5O/c1-20(16-19-18-15(22-16)12-5-4-6-12)9-10-21-11-17-13-7-2-3-8-14(13)21/h2-3,7-8,11-12H,4-6,9-10H2,1H3. The molecule has 1 fully saturated rings. The van der Waals surface area contributed by atoms with Crippen LogP contribution in [0, 0.1) is 0 Å². The fourth-order valence-corrected chi connectivity index (χ4v) is 2.74. The summed E-state index contributed by atoms with van der Waals surface area (Å²) in [5, 5.41) is 8.34. The van der Waals surface area contributed by atoms with Gasteiger partial charge >= 0.3 is 6.01 Å². The Morgan fingerprint density at radius 1 is 1.27 bits per heavy atom. The number of aromatic nitrogens is 4. The zero-order valence-corrected chi connectivity index (χ0v) is 12.6. The first-order chi connectivity index (χ1) is 10.8. The van der Waals surface area contributed by atoms with E-state index in [0.717, 1.165) is 30.0 Å². The van der Waals surface area contributed by atoms with Crippen molar-refractivity contribution < 1.29 is 4.42 Å². The number of para-hydroxylation sites is 2. The van der Waals surface area contributed by atoms with Gasteiger partial charge in [0.25, 0.3) is 0 Å². The lowest BCUT2D eigenvalue weighted by Gasteiger charge is -2.21. The average Bonchev–Trinajstić information content (AvgIpc) is 3.10. The van der Waals surface area contributed by atoms with Gasteiger partial charge in [-0.1, -0.05) is 23.7 Å². The summed E-state index contributed by atoms with van der Waals surface area (Å²) in [4.78, 5) is 6.41. The number of hydrogen-bond acceptors (Lipinski definition) is 5. The summed E-state index contributed by atoms with van der Waals surface area (Å²) in [5.74, 6) is 1.27. The van der Waals surface area contributed by atoms with Crippen molar-refractivity contribution in [1.29, 1.82) is 0 Å². The Kier molecular flexibility index (Phi) is 3.29. The Morgan fingerprint density at radius 3 is 2.95 bits per heavy atom. The van der Waals surface area contributed by atoms with Crippen LogP contribution in [0.4, 0.5) is 6.01 Å². The minimum Gasteiger partial charge on any atom is -0.408 e. The molecule has 0 atom stereocenters. The summed E-state index contributed by atoms with van der Waals surface area (Å²) in [5.41, 5.74) is 2.17. The molecule has 0 unspecified atom stereocenters. The quantitative estimate of drug-likeness (QED) is 0.724. The molecule has 114 valence electrons. The molecule has 0 radical (unpaired) electrons. The van der Waals surface area contributed by atoms with Crippen LogP contribution in [0.15, 0.2) is 35.0 Å². The maximum absolute atomic E-state index is 5.79. The van der Waals surface area contributed by atoms with E-state index in [0.29, 0.717) is 11.9 Å². The monoisotopic (exact) mass is 297 g/mol. The number of likely N-dealkylation sites (N-methyl/N-ethyl adjacent to an activating group) is 1. The van der Waals surface area contributed by atoms with E-state index in [2.05, 4.69) is 25.8 Å². The second-order valence-electron chi connectivity index (χ2n) is 5.90. The highest BCUT2D eigenvalue weighted by Crippen LogP contribution is 2.36. The number of fused-ring (bicyclic) bond motifs is 1. The van der Waals surface area contributed by atoms with E-state index < -0.39 is 0 Å². The molecule has 6 heteroatoms. The maximum Gasteiger partial charge on any atom is 0.317 e. The van der Waals surface area contributed by atoms with Crippen LogP contribution in [0.5, 0.6) is 0 Å². The zero-order valence-electron chi connectivity index (χ0n) is 12.6. The smallest absolute Gasteiger partial charge is 0.317 e. The van der Waals surface area contributed by atoms with Crippen molar-refractivity contribution in [2.75, 3.05) is 18.5 Å². The molecular weight excluding hydrogens is 278 g/mol. The predicted molar refractivity (Wildman–Crippen MR) is 83.9 cm³/mol. The molecular formula is C16H19N5O. The number of benzene rings is 1. The van der Waals surface area contributed by atoms with Gasteiger partial charge in [0.1, 0.15) is 0 Å². The second-order valence-corrected chi connectivity index (χ2v) is 5.90. The molecule has 0 saturated heterocycles. The fourth-order valence-electron chi connectivity index (χ4n) is 2.74. The summed E-state index contributed by atoms with van der Waals surface area (Å²) in [6.07, 6.45) is 5.50. The molecule has 0 N–H and O–H groups in total. The lowest BCUT2D eigenvalue weighted by atomic mass is 9.85. The third kappa shape index (κ3) is 2.34. The number of nitrogens with zero attached hydrogens (tertiary/aromatic N) is 5. The average molecular weight is 297 g/mol. The first-order valence-corrected chi connectivity index (χ1v) is 7.75. The van der Waals surface area contributed by atoms with E-state index in [9.17, 15) is 0 Å². The Morgan fingerprint density at radius 2 is 2.14 bits per heavy atom. The van der Waals surface area contributed by atoms with Crippen molar-refractivity contribution in [3.8, 4) is 0 Å². The molecule has 1 aliphatic rings. The van der Waals surface area contributed by atoms with Crippen LogP contribution in [0.25, 0.3) is 11.0 Å². The van der Waals surface area contributed by atoms with Crippen LogP contribution < -0.4 is 4.90 Å². The van der Waals surface area contributed by atoms with Crippen molar-refractivity contribution in [3.63, 3.8) is 0 Å². The van der Waals surface area contributed by atoms with Gasteiger partial charge in [-0.05, 0) is 25.0 Å². The van der Waals surface area contributed by atoms with E-state index in [4.69, 9.17) is 4.42 Å². The van der Waals surface area contributed by atoms with E-state index in [1.165, 1.54) is 19.3 Å². The normalized spacial score (nSPS) is 15.1. The Balaban J connectivity index is 1.43. The van der Waals surface area contributed by atoms with Crippen molar-refractivity contribution in [1.82, 2.24) is 19.7 Å². The lowest BCUT2D eigenvalue weighted by Crippen LogP contribution is -2.22. The van der Waals surface area contributed by atoms with Crippen LogP contribution in [-0.2, 0) is 6.54 Å². The molecule has 4 rings (SSSR count). The van der Waals surface area contributed by atoms with Gasteiger partial charge in [0, 0.05) is 26.1 Å². The Labute approximate surface area is 128 Å². The van der Waals surface area contributed by atoms with Gasteiger partial charge < -0.3 is 13.9 Å². The maximum atomic E-state index is 5.79. The highest BCUT2D eigenvalue weighted by Gasteiger charge is 2.25. The molecule has 1 aromatic carbocycles. The molecule has 3 aromatic rings. The molecule has 0 amide bonds. The zero-order chi connectivity index (χ0) is 14.9. The van der Waals surface area contributed by atoms with Gasteiger partial charge in [-0.2, -0.15) is 0 Å². The minimum atomic E-state index is 0.479. The SMILES string of the molecule is CN(CCn1cnc2ccccc21)c1nnc(C2CCC2)o1. The molecule has 0 bridgehead atoms. The van der Waals surface area contributed by atoms with Gasteiger partial charge in [0.2, 0.25) is 5.89 Å². The summed E-state index contributed by atoms with van der Waals surface area (Å²) < 4.78 is 7.93. The first kappa shape index (κ1) is 13.3. The Bertz CT molecular complexity index is 774.